The van der Waals surface area contributed by atoms with Crippen LogP contribution in [0.25, 0.3) is 0 Å². The summed E-state index contributed by atoms with van der Waals surface area (Å²) in [6.45, 7) is 3.33. The molecule has 1 saturated carbocycles. The van der Waals surface area contributed by atoms with Crippen LogP contribution in [0.15, 0.2) is 12.2 Å². The fraction of sp³-hybridized carbons (Fsp3) is 0.692. The molecule has 3 rings (SSSR count). The van der Waals surface area contributed by atoms with Crippen LogP contribution in [0, 0.1) is 17.3 Å². The molecule has 17 heavy (non-hydrogen) atoms. The second-order valence-electron chi connectivity index (χ2n) is 5.05. The number of carbonyl (C=O) groups is 2. The van der Waals surface area contributed by atoms with Crippen LogP contribution in [0.1, 0.15) is 20.3 Å². The Hall–Kier alpha value is -1.00. The summed E-state index contributed by atoms with van der Waals surface area (Å²) in [5.74, 6) is -1.75. The van der Waals surface area contributed by atoms with Gasteiger partial charge in [-0.3, -0.25) is 9.59 Å². The highest BCUT2D eigenvalue weighted by Crippen LogP contribution is 2.53. The van der Waals surface area contributed by atoms with Crippen molar-refractivity contribution >= 4 is 11.6 Å². The van der Waals surface area contributed by atoms with Gasteiger partial charge in [-0.05, 0) is 20.3 Å². The molecule has 4 nitrogen and oxygen atoms in total. The zero-order chi connectivity index (χ0) is 12.8. The normalized spacial score (nSPS) is 38.5. The van der Waals surface area contributed by atoms with E-state index >= 15 is 0 Å². The minimum absolute atomic E-state index is 0.0519. The third-order valence-corrected chi connectivity index (χ3v) is 4.28. The van der Waals surface area contributed by atoms with Gasteiger partial charge in [-0.25, -0.2) is 0 Å². The largest absolute Gasteiger partial charge is 0.347 e. The SMILES string of the molecule is COC1(OC)C(=O)[C@]2(C)C=C[C@H]1C[C@H]2C(C)=O. The van der Waals surface area contributed by atoms with E-state index in [9.17, 15) is 9.59 Å². The van der Waals surface area contributed by atoms with Gasteiger partial charge >= 0.3 is 0 Å². The van der Waals surface area contributed by atoms with Gasteiger partial charge in [0.2, 0.25) is 11.6 Å². The number of allylic oxidation sites excluding steroid dienone is 1. The number of rotatable bonds is 3. The minimum Gasteiger partial charge on any atom is -0.347 e. The molecule has 1 fully saturated rings. The van der Waals surface area contributed by atoms with Gasteiger partial charge in [0.05, 0.1) is 5.41 Å². The van der Waals surface area contributed by atoms with Gasteiger partial charge in [0.1, 0.15) is 5.78 Å². The van der Waals surface area contributed by atoms with Crippen LogP contribution in [0.5, 0.6) is 0 Å². The number of ketones is 2. The quantitative estimate of drug-likeness (QED) is 0.550. The van der Waals surface area contributed by atoms with E-state index in [2.05, 4.69) is 0 Å². The van der Waals surface area contributed by atoms with Crippen LogP contribution in [0.3, 0.4) is 0 Å². The molecule has 94 valence electrons. The first-order valence-electron chi connectivity index (χ1n) is 5.77. The molecule has 0 amide bonds. The molecule has 0 unspecified atom stereocenters. The van der Waals surface area contributed by atoms with Gasteiger partial charge < -0.3 is 9.47 Å². The van der Waals surface area contributed by atoms with Crippen LogP contribution in [0.4, 0.5) is 0 Å². The minimum atomic E-state index is -1.21. The van der Waals surface area contributed by atoms with Crippen molar-refractivity contribution in [3.05, 3.63) is 12.2 Å². The number of ether oxygens (including phenoxy) is 2. The van der Waals surface area contributed by atoms with Crippen molar-refractivity contribution in [2.24, 2.45) is 17.3 Å². The van der Waals surface area contributed by atoms with E-state index in [0.717, 1.165) is 0 Å². The maximum absolute atomic E-state index is 12.6. The number of Topliss-reactive ketones (excluding diaryl/α,β-unsaturated/α-hetero) is 2. The Morgan fingerprint density at radius 1 is 1.41 bits per heavy atom. The van der Waals surface area contributed by atoms with Crippen molar-refractivity contribution in [1.82, 2.24) is 0 Å². The molecule has 0 heterocycles. The molecule has 0 radical (unpaired) electrons. The Balaban J connectivity index is 2.51. The van der Waals surface area contributed by atoms with Crippen molar-refractivity contribution in [3.8, 4) is 0 Å². The third kappa shape index (κ3) is 1.37. The summed E-state index contributed by atoms with van der Waals surface area (Å²) in [4.78, 5) is 24.2. The van der Waals surface area contributed by atoms with Crippen molar-refractivity contribution < 1.29 is 19.1 Å². The van der Waals surface area contributed by atoms with Gasteiger partial charge in [-0.15, -0.1) is 0 Å². The smallest absolute Gasteiger partial charge is 0.235 e. The first-order chi connectivity index (χ1) is 7.92. The molecule has 0 aromatic rings. The molecular weight excluding hydrogens is 220 g/mol. The Labute approximate surface area is 101 Å². The van der Waals surface area contributed by atoms with Crippen molar-refractivity contribution in [2.75, 3.05) is 14.2 Å². The maximum atomic E-state index is 12.6. The number of fused-ring (bicyclic) bond motifs is 2. The monoisotopic (exact) mass is 238 g/mol. The van der Waals surface area contributed by atoms with Crippen LogP contribution >= 0.6 is 0 Å². The third-order valence-electron chi connectivity index (χ3n) is 4.28. The molecule has 0 saturated heterocycles. The van der Waals surface area contributed by atoms with E-state index in [4.69, 9.17) is 9.47 Å². The van der Waals surface area contributed by atoms with Gasteiger partial charge in [0, 0.05) is 26.1 Å². The van der Waals surface area contributed by atoms with Crippen molar-refractivity contribution in [3.63, 3.8) is 0 Å². The van der Waals surface area contributed by atoms with E-state index in [1.54, 1.807) is 13.8 Å². The van der Waals surface area contributed by atoms with Gasteiger partial charge in [-0.1, -0.05) is 12.2 Å². The van der Waals surface area contributed by atoms with Crippen molar-refractivity contribution in [1.29, 1.82) is 0 Å². The Morgan fingerprint density at radius 2 is 2.00 bits per heavy atom. The first-order valence-corrected chi connectivity index (χ1v) is 5.77. The second kappa shape index (κ2) is 3.75. The average molecular weight is 238 g/mol. The summed E-state index contributed by atoms with van der Waals surface area (Å²) in [5, 5.41) is 0. The number of carbonyl (C=O) groups excluding carboxylic acids is 2. The Kier molecular flexibility index (Phi) is 2.75. The molecule has 3 atom stereocenters. The lowest BCUT2D eigenvalue weighted by molar-refractivity contribution is -0.245. The second-order valence-corrected chi connectivity index (χ2v) is 5.05. The number of methoxy groups -OCH3 is 2. The summed E-state index contributed by atoms with van der Waals surface area (Å²) < 4.78 is 10.7. The maximum Gasteiger partial charge on any atom is 0.235 e. The molecule has 0 spiro atoms. The highest BCUT2D eigenvalue weighted by molar-refractivity contribution is 6.00. The molecule has 0 aromatic carbocycles. The Morgan fingerprint density at radius 3 is 2.47 bits per heavy atom. The van der Waals surface area contributed by atoms with Gasteiger partial charge in [-0.2, -0.15) is 0 Å². The van der Waals surface area contributed by atoms with Crippen molar-refractivity contribution in [2.45, 2.75) is 26.1 Å². The molecule has 4 heteroatoms. The van der Waals surface area contributed by atoms with E-state index < -0.39 is 11.2 Å². The fourth-order valence-corrected chi connectivity index (χ4v) is 3.23. The van der Waals surface area contributed by atoms with Gasteiger partial charge in [0.25, 0.3) is 0 Å². The lowest BCUT2D eigenvalue weighted by atomic mass is 9.55. The standard InChI is InChI=1S/C13H18O4/c1-8(14)10-7-9-5-6-12(10,2)11(15)13(9,16-3)17-4/h5-6,9-10H,7H2,1-4H3/t9-,10-,12+/m0/s1. The average Bonchev–Trinajstić information content (AvgIpc) is 2.31. The molecular formula is C13H18O4. The summed E-state index contributed by atoms with van der Waals surface area (Å²) in [5.41, 5.74) is -0.799. The Bertz CT molecular complexity index is 394. The highest BCUT2D eigenvalue weighted by atomic mass is 16.7. The predicted molar refractivity (Wildman–Crippen MR) is 61.3 cm³/mol. The van der Waals surface area contributed by atoms with Crippen LogP contribution in [0.2, 0.25) is 0 Å². The fourth-order valence-electron chi connectivity index (χ4n) is 3.23. The molecule has 0 aliphatic heterocycles. The van der Waals surface area contributed by atoms with E-state index in [1.807, 2.05) is 12.2 Å². The van der Waals surface area contributed by atoms with Crippen LogP contribution < -0.4 is 0 Å². The zero-order valence-corrected chi connectivity index (χ0v) is 10.6. The highest BCUT2D eigenvalue weighted by Gasteiger charge is 2.63. The zero-order valence-electron chi connectivity index (χ0n) is 10.6. The number of hydrogen-bond acceptors (Lipinski definition) is 4. The topological polar surface area (TPSA) is 52.6 Å². The summed E-state index contributed by atoms with van der Waals surface area (Å²) in [6, 6.07) is 0. The summed E-state index contributed by atoms with van der Waals surface area (Å²) in [6.07, 6.45) is 4.38. The lowest BCUT2D eigenvalue weighted by Gasteiger charge is -2.52. The lowest BCUT2D eigenvalue weighted by Crippen LogP contribution is -2.64. The molecule has 3 aliphatic rings. The van der Waals surface area contributed by atoms with Gasteiger partial charge in [0.15, 0.2) is 0 Å². The molecule has 0 aromatic heterocycles. The molecule has 3 aliphatic carbocycles. The van der Waals surface area contributed by atoms with E-state index in [1.165, 1.54) is 14.2 Å². The van der Waals surface area contributed by atoms with E-state index in [0.29, 0.717) is 6.42 Å². The van der Waals surface area contributed by atoms with Crippen LogP contribution in [-0.2, 0) is 19.1 Å². The first kappa shape index (κ1) is 12.5. The number of hydrogen-bond donors (Lipinski definition) is 0. The summed E-state index contributed by atoms with van der Waals surface area (Å²) >= 11 is 0. The molecule has 2 bridgehead atoms. The van der Waals surface area contributed by atoms with Crippen LogP contribution in [-0.4, -0.2) is 31.6 Å². The molecule has 0 N–H and O–H groups in total. The predicted octanol–water partition coefficient (Wildman–Crippen LogP) is 1.35. The summed E-state index contributed by atoms with van der Waals surface area (Å²) in [7, 11) is 2.95. The van der Waals surface area contributed by atoms with E-state index in [-0.39, 0.29) is 23.4 Å².